The maximum Gasteiger partial charge on any atom is 0.317 e. The molecular weight excluding hydrogens is 232 g/mol. The molecule has 1 aromatic carbocycles. The highest BCUT2D eigenvalue weighted by atomic mass is 16.4. The van der Waals surface area contributed by atoms with Gasteiger partial charge in [-0.1, -0.05) is 18.2 Å². The molecule has 5 nitrogen and oxygen atoms in total. The van der Waals surface area contributed by atoms with Crippen LogP contribution >= 0.6 is 0 Å². The highest BCUT2D eigenvalue weighted by Gasteiger charge is 2.30. The monoisotopic (exact) mass is 246 g/mol. The van der Waals surface area contributed by atoms with Crippen LogP contribution in [0, 0.1) is 17.2 Å². The van der Waals surface area contributed by atoms with Crippen LogP contribution in [0.2, 0.25) is 0 Å². The molecule has 0 fully saturated rings. The molecular formula is C13H14N2O3. The van der Waals surface area contributed by atoms with Crippen LogP contribution in [0.4, 0.5) is 5.69 Å². The number of carbonyl (C=O) groups excluding carboxylic acids is 1. The molecule has 1 atom stereocenters. The number of carbonyl (C=O) groups is 2. The zero-order chi connectivity index (χ0) is 13.5. The standard InChI is InChI=1S/C13H14N2O3/c1-2-15(10-6-4-3-5-7-10)12(16)11(8-9-14)13(17)18/h3-7,11H,2,8H2,1H3,(H,17,18). The SMILES string of the molecule is CCN(C(=O)C(CC#N)C(=O)O)c1ccccc1. The molecule has 18 heavy (non-hydrogen) atoms. The van der Waals surface area contributed by atoms with Gasteiger partial charge in [-0.05, 0) is 19.1 Å². The van der Waals surface area contributed by atoms with Crippen molar-refractivity contribution >= 4 is 17.6 Å². The molecule has 0 saturated carbocycles. The molecule has 0 aromatic heterocycles. The van der Waals surface area contributed by atoms with Crippen LogP contribution in [0.3, 0.4) is 0 Å². The molecule has 1 rings (SSSR count). The summed E-state index contributed by atoms with van der Waals surface area (Å²) in [5.41, 5.74) is 0.634. The summed E-state index contributed by atoms with van der Waals surface area (Å²) in [5, 5.41) is 17.5. The van der Waals surface area contributed by atoms with Crippen molar-refractivity contribution in [3.63, 3.8) is 0 Å². The van der Waals surface area contributed by atoms with Gasteiger partial charge in [0.2, 0.25) is 5.91 Å². The second-order valence-corrected chi connectivity index (χ2v) is 3.67. The molecule has 0 radical (unpaired) electrons. The molecule has 0 spiro atoms. The number of carboxylic acids is 1. The molecule has 1 N–H and O–H groups in total. The Morgan fingerprint density at radius 3 is 2.44 bits per heavy atom. The van der Waals surface area contributed by atoms with Crippen LogP contribution in [0.1, 0.15) is 13.3 Å². The second kappa shape index (κ2) is 6.40. The number of rotatable bonds is 5. The van der Waals surface area contributed by atoms with Crippen molar-refractivity contribution in [1.29, 1.82) is 5.26 Å². The zero-order valence-corrected chi connectivity index (χ0v) is 10.0. The fourth-order valence-corrected chi connectivity index (χ4v) is 1.63. The molecule has 94 valence electrons. The average Bonchev–Trinajstić information content (AvgIpc) is 2.37. The lowest BCUT2D eigenvalue weighted by Crippen LogP contribution is -2.39. The summed E-state index contributed by atoms with van der Waals surface area (Å²) in [4.78, 5) is 24.5. The fourth-order valence-electron chi connectivity index (χ4n) is 1.63. The van der Waals surface area contributed by atoms with Crippen molar-refractivity contribution in [1.82, 2.24) is 0 Å². The van der Waals surface area contributed by atoms with E-state index in [-0.39, 0.29) is 6.42 Å². The summed E-state index contributed by atoms with van der Waals surface area (Å²) in [6, 6.07) is 10.5. The number of para-hydroxylation sites is 1. The predicted molar refractivity (Wildman–Crippen MR) is 65.8 cm³/mol. The van der Waals surface area contributed by atoms with Gasteiger partial charge < -0.3 is 10.0 Å². The third-order valence-electron chi connectivity index (χ3n) is 2.54. The Balaban J connectivity index is 2.98. The molecule has 1 aromatic rings. The van der Waals surface area contributed by atoms with Gasteiger partial charge in [-0.2, -0.15) is 5.26 Å². The van der Waals surface area contributed by atoms with Crippen LogP contribution < -0.4 is 4.90 Å². The zero-order valence-electron chi connectivity index (χ0n) is 10.0. The van der Waals surface area contributed by atoms with Crippen LogP contribution in [0.15, 0.2) is 30.3 Å². The summed E-state index contributed by atoms with van der Waals surface area (Å²) >= 11 is 0. The molecule has 1 unspecified atom stereocenters. The van der Waals surface area contributed by atoms with Crippen molar-refractivity contribution in [3.8, 4) is 6.07 Å². The van der Waals surface area contributed by atoms with Gasteiger partial charge in [0, 0.05) is 12.2 Å². The van der Waals surface area contributed by atoms with Crippen LogP contribution in [0.5, 0.6) is 0 Å². The number of nitrogens with zero attached hydrogens (tertiary/aromatic N) is 2. The molecule has 0 saturated heterocycles. The van der Waals surface area contributed by atoms with E-state index in [4.69, 9.17) is 10.4 Å². The van der Waals surface area contributed by atoms with Crippen molar-refractivity contribution < 1.29 is 14.7 Å². The van der Waals surface area contributed by atoms with Gasteiger partial charge >= 0.3 is 5.97 Å². The maximum absolute atomic E-state index is 12.1. The van der Waals surface area contributed by atoms with Crippen molar-refractivity contribution in [2.45, 2.75) is 13.3 Å². The fraction of sp³-hybridized carbons (Fsp3) is 0.308. The van der Waals surface area contributed by atoms with E-state index in [2.05, 4.69) is 0 Å². The highest BCUT2D eigenvalue weighted by Crippen LogP contribution is 2.17. The van der Waals surface area contributed by atoms with Crippen molar-refractivity contribution in [2.75, 3.05) is 11.4 Å². The first-order valence-corrected chi connectivity index (χ1v) is 5.58. The van der Waals surface area contributed by atoms with Gasteiger partial charge in [-0.3, -0.25) is 9.59 Å². The van der Waals surface area contributed by atoms with E-state index in [0.717, 1.165) is 0 Å². The number of hydrogen-bond acceptors (Lipinski definition) is 3. The van der Waals surface area contributed by atoms with Gasteiger partial charge in [0.1, 0.15) is 5.92 Å². The Morgan fingerprint density at radius 1 is 1.39 bits per heavy atom. The van der Waals surface area contributed by atoms with Crippen molar-refractivity contribution in [3.05, 3.63) is 30.3 Å². The summed E-state index contributed by atoms with van der Waals surface area (Å²) in [5.74, 6) is -3.14. The Hall–Kier alpha value is -2.35. The topological polar surface area (TPSA) is 81.4 Å². The lowest BCUT2D eigenvalue weighted by molar-refractivity contribution is -0.145. The molecule has 0 bridgehead atoms. The third-order valence-corrected chi connectivity index (χ3v) is 2.54. The minimum Gasteiger partial charge on any atom is -0.481 e. The quantitative estimate of drug-likeness (QED) is 0.801. The summed E-state index contributed by atoms with van der Waals surface area (Å²) in [6.45, 7) is 2.12. The van der Waals surface area contributed by atoms with E-state index < -0.39 is 17.8 Å². The Morgan fingerprint density at radius 2 is 2.00 bits per heavy atom. The Labute approximate surface area is 105 Å². The first kappa shape index (κ1) is 13.7. The van der Waals surface area contributed by atoms with Gasteiger partial charge in [0.15, 0.2) is 0 Å². The number of aliphatic carboxylic acids is 1. The summed E-state index contributed by atoms with van der Waals surface area (Å²) < 4.78 is 0. The van der Waals surface area contributed by atoms with Gasteiger partial charge in [-0.15, -0.1) is 0 Å². The first-order valence-electron chi connectivity index (χ1n) is 5.58. The second-order valence-electron chi connectivity index (χ2n) is 3.67. The average molecular weight is 246 g/mol. The van der Waals surface area contributed by atoms with Crippen molar-refractivity contribution in [2.24, 2.45) is 5.92 Å². The number of anilines is 1. The normalized spacial score (nSPS) is 11.3. The van der Waals surface area contributed by atoms with Gasteiger partial charge in [-0.25, -0.2) is 0 Å². The van der Waals surface area contributed by atoms with E-state index in [9.17, 15) is 9.59 Å². The number of carboxylic acid groups (broad SMARTS) is 1. The van der Waals surface area contributed by atoms with Gasteiger partial charge in [0.05, 0.1) is 12.5 Å². The highest BCUT2D eigenvalue weighted by molar-refractivity contribution is 6.05. The lowest BCUT2D eigenvalue weighted by atomic mass is 10.0. The largest absolute Gasteiger partial charge is 0.481 e. The Bertz CT molecular complexity index is 465. The minimum absolute atomic E-state index is 0.322. The minimum atomic E-state index is -1.31. The van der Waals surface area contributed by atoms with Crippen LogP contribution in [-0.4, -0.2) is 23.5 Å². The van der Waals surface area contributed by atoms with Crippen LogP contribution in [-0.2, 0) is 9.59 Å². The predicted octanol–water partition coefficient (Wildman–Crippen LogP) is 1.65. The third kappa shape index (κ3) is 3.08. The first-order chi connectivity index (χ1) is 8.61. The number of hydrogen-bond donors (Lipinski definition) is 1. The number of benzene rings is 1. The smallest absolute Gasteiger partial charge is 0.317 e. The van der Waals surface area contributed by atoms with E-state index in [0.29, 0.717) is 12.2 Å². The molecule has 1 amide bonds. The molecule has 0 aliphatic rings. The van der Waals surface area contributed by atoms with E-state index in [1.54, 1.807) is 37.3 Å². The Kier molecular flexibility index (Phi) is 4.88. The van der Waals surface area contributed by atoms with E-state index in [1.165, 1.54) is 4.90 Å². The molecule has 0 heterocycles. The number of amides is 1. The summed E-state index contributed by atoms with van der Waals surface area (Å²) in [6.07, 6.45) is -0.322. The molecule has 5 heteroatoms. The number of nitriles is 1. The maximum atomic E-state index is 12.1. The van der Waals surface area contributed by atoms with Crippen LogP contribution in [0.25, 0.3) is 0 Å². The molecule has 0 aliphatic carbocycles. The van der Waals surface area contributed by atoms with E-state index >= 15 is 0 Å². The summed E-state index contributed by atoms with van der Waals surface area (Å²) in [7, 11) is 0. The molecule has 0 aliphatic heterocycles. The lowest BCUT2D eigenvalue weighted by Gasteiger charge is -2.23. The van der Waals surface area contributed by atoms with E-state index in [1.807, 2.05) is 6.07 Å². The van der Waals surface area contributed by atoms with Gasteiger partial charge in [0.25, 0.3) is 0 Å².